The molecule has 7 heteroatoms. The zero-order chi connectivity index (χ0) is 21.6. The van der Waals surface area contributed by atoms with Gasteiger partial charge in [0, 0.05) is 27.9 Å². The Labute approximate surface area is 185 Å². The normalized spacial score (nSPS) is 12.2. The highest BCUT2D eigenvalue weighted by Gasteiger charge is 2.13. The Bertz CT molecular complexity index is 1120. The van der Waals surface area contributed by atoms with E-state index in [1.165, 1.54) is 11.8 Å². The van der Waals surface area contributed by atoms with Crippen molar-refractivity contribution in [3.05, 3.63) is 77.9 Å². The zero-order valence-corrected chi connectivity index (χ0v) is 17.8. The number of carbonyl (C=O) groups is 2. The fourth-order valence-electron chi connectivity index (χ4n) is 3.12. The first-order chi connectivity index (χ1) is 15.1. The SMILES string of the molecule is Cc1cccc(C(=O)Nc2cccc(SCC(=O)Nc3ccc4c(c3)OCCO4)c2)c1. The van der Waals surface area contributed by atoms with E-state index in [-0.39, 0.29) is 17.6 Å². The van der Waals surface area contributed by atoms with Gasteiger partial charge in [-0.3, -0.25) is 9.59 Å². The van der Waals surface area contributed by atoms with Gasteiger partial charge in [0.2, 0.25) is 5.91 Å². The van der Waals surface area contributed by atoms with Crippen LogP contribution in [0.3, 0.4) is 0 Å². The maximum Gasteiger partial charge on any atom is 0.255 e. The highest BCUT2D eigenvalue weighted by Crippen LogP contribution is 2.32. The van der Waals surface area contributed by atoms with E-state index in [4.69, 9.17) is 9.47 Å². The second kappa shape index (κ2) is 9.57. The van der Waals surface area contributed by atoms with Gasteiger partial charge in [-0.2, -0.15) is 0 Å². The largest absolute Gasteiger partial charge is 0.486 e. The van der Waals surface area contributed by atoms with Crippen LogP contribution in [0.4, 0.5) is 11.4 Å². The van der Waals surface area contributed by atoms with Crippen molar-refractivity contribution < 1.29 is 19.1 Å². The van der Waals surface area contributed by atoms with E-state index in [2.05, 4.69) is 10.6 Å². The molecule has 4 rings (SSSR count). The summed E-state index contributed by atoms with van der Waals surface area (Å²) >= 11 is 1.40. The number of anilines is 2. The maximum atomic E-state index is 12.4. The maximum absolute atomic E-state index is 12.4. The van der Waals surface area contributed by atoms with E-state index in [0.29, 0.717) is 41.7 Å². The molecule has 0 fully saturated rings. The third-order valence-corrected chi connectivity index (χ3v) is 5.56. The molecular formula is C24H22N2O4S. The van der Waals surface area contributed by atoms with E-state index >= 15 is 0 Å². The summed E-state index contributed by atoms with van der Waals surface area (Å²) in [6, 6.07) is 20.2. The molecule has 31 heavy (non-hydrogen) atoms. The molecule has 0 saturated carbocycles. The molecule has 0 aliphatic carbocycles. The lowest BCUT2D eigenvalue weighted by atomic mass is 10.1. The van der Waals surface area contributed by atoms with Gasteiger partial charge in [0.15, 0.2) is 11.5 Å². The summed E-state index contributed by atoms with van der Waals surface area (Å²) in [6.45, 7) is 2.97. The molecule has 1 aliphatic heterocycles. The summed E-state index contributed by atoms with van der Waals surface area (Å²) in [5.41, 5.74) is 2.98. The van der Waals surface area contributed by atoms with Crippen molar-refractivity contribution in [1.29, 1.82) is 0 Å². The number of rotatable bonds is 6. The number of benzene rings is 3. The van der Waals surface area contributed by atoms with Gasteiger partial charge in [-0.1, -0.05) is 23.8 Å². The minimum atomic E-state index is -0.165. The van der Waals surface area contributed by atoms with Crippen LogP contribution in [0.5, 0.6) is 11.5 Å². The number of hydrogen-bond acceptors (Lipinski definition) is 5. The molecule has 6 nitrogen and oxygen atoms in total. The number of aryl methyl sites for hydroxylation is 1. The lowest BCUT2D eigenvalue weighted by Crippen LogP contribution is -2.17. The number of amides is 2. The summed E-state index contributed by atoms with van der Waals surface area (Å²) in [7, 11) is 0. The van der Waals surface area contributed by atoms with Crippen LogP contribution in [0.15, 0.2) is 71.6 Å². The van der Waals surface area contributed by atoms with Crippen LogP contribution in [-0.4, -0.2) is 30.8 Å². The van der Waals surface area contributed by atoms with E-state index in [9.17, 15) is 9.59 Å². The molecule has 0 bridgehead atoms. The summed E-state index contributed by atoms with van der Waals surface area (Å²) in [5.74, 6) is 1.26. The number of hydrogen-bond donors (Lipinski definition) is 2. The van der Waals surface area contributed by atoms with Crippen molar-refractivity contribution in [1.82, 2.24) is 0 Å². The smallest absolute Gasteiger partial charge is 0.255 e. The number of nitrogens with one attached hydrogen (secondary N) is 2. The standard InChI is InChI=1S/C24H22N2O4S/c1-16-4-2-5-17(12-16)24(28)26-18-6-3-7-20(13-18)31-15-23(27)25-19-8-9-21-22(14-19)30-11-10-29-21/h2-9,12-14H,10-11,15H2,1H3,(H,25,27)(H,26,28). The fraction of sp³-hybridized carbons (Fsp3) is 0.167. The summed E-state index contributed by atoms with van der Waals surface area (Å²) < 4.78 is 11.0. The Morgan fingerprint density at radius 1 is 0.871 bits per heavy atom. The summed E-state index contributed by atoms with van der Waals surface area (Å²) in [5, 5.41) is 5.77. The third kappa shape index (κ3) is 5.58. The summed E-state index contributed by atoms with van der Waals surface area (Å²) in [6.07, 6.45) is 0. The molecule has 0 radical (unpaired) electrons. The highest BCUT2D eigenvalue weighted by molar-refractivity contribution is 8.00. The van der Waals surface area contributed by atoms with Gasteiger partial charge in [0.05, 0.1) is 5.75 Å². The van der Waals surface area contributed by atoms with Crippen LogP contribution in [0, 0.1) is 6.92 Å². The number of carbonyl (C=O) groups excluding carboxylic acids is 2. The van der Waals surface area contributed by atoms with Gasteiger partial charge in [-0.05, 0) is 49.4 Å². The topological polar surface area (TPSA) is 76.7 Å². The molecule has 0 aromatic heterocycles. The molecule has 0 atom stereocenters. The van der Waals surface area contributed by atoms with Crippen LogP contribution in [0.1, 0.15) is 15.9 Å². The Morgan fingerprint density at radius 3 is 2.48 bits per heavy atom. The van der Waals surface area contributed by atoms with Crippen molar-refractivity contribution in [2.75, 3.05) is 29.6 Å². The van der Waals surface area contributed by atoms with Gasteiger partial charge in [-0.15, -0.1) is 11.8 Å². The van der Waals surface area contributed by atoms with E-state index in [1.807, 2.05) is 49.4 Å². The van der Waals surface area contributed by atoms with Crippen LogP contribution in [-0.2, 0) is 4.79 Å². The van der Waals surface area contributed by atoms with Crippen molar-refractivity contribution in [2.24, 2.45) is 0 Å². The average Bonchev–Trinajstić information content (AvgIpc) is 2.78. The molecular weight excluding hydrogens is 412 g/mol. The van der Waals surface area contributed by atoms with Gasteiger partial charge in [0.1, 0.15) is 13.2 Å². The highest BCUT2D eigenvalue weighted by atomic mass is 32.2. The quantitative estimate of drug-likeness (QED) is 0.548. The Hall–Kier alpha value is -3.45. The number of ether oxygens (including phenoxy) is 2. The Balaban J connectivity index is 1.32. The molecule has 1 heterocycles. The van der Waals surface area contributed by atoms with Crippen LogP contribution in [0.25, 0.3) is 0 Å². The van der Waals surface area contributed by atoms with Gasteiger partial charge >= 0.3 is 0 Å². The van der Waals surface area contributed by atoms with E-state index < -0.39 is 0 Å². The lowest BCUT2D eigenvalue weighted by Gasteiger charge is -2.19. The summed E-state index contributed by atoms with van der Waals surface area (Å²) in [4.78, 5) is 25.7. The van der Waals surface area contributed by atoms with Gasteiger partial charge < -0.3 is 20.1 Å². The van der Waals surface area contributed by atoms with Gasteiger partial charge in [-0.25, -0.2) is 0 Å². The molecule has 0 unspecified atom stereocenters. The number of fused-ring (bicyclic) bond motifs is 1. The first-order valence-corrected chi connectivity index (χ1v) is 10.9. The molecule has 2 amide bonds. The fourth-order valence-corrected chi connectivity index (χ4v) is 3.88. The molecule has 0 spiro atoms. The molecule has 0 saturated heterocycles. The first kappa shape index (κ1) is 20.8. The molecule has 3 aromatic carbocycles. The number of thioether (sulfide) groups is 1. The third-order valence-electron chi connectivity index (χ3n) is 4.57. The molecule has 1 aliphatic rings. The monoisotopic (exact) mass is 434 g/mol. The Morgan fingerprint density at radius 2 is 1.65 bits per heavy atom. The van der Waals surface area contributed by atoms with Gasteiger partial charge in [0.25, 0.3) is 5.91 Å². The van der Waals surface area contributed by atoms with Crippen molar-refractivity contribution >= 4 is 35.0 Å². The molecule has 2 N–H and O–H groups in total. The molecule has 158 valence electrons. The van der Waals surface area contributed by atoms with Crippen molar-refractivity contribution in [2.45, 2.75) is 11.8 Å². The van der Waals surface area contributed by atoms with E-state index in [1.54, 1.807) is 24.3 Å². The predicted molar refractivity (Wildman–Crippen MR) is 122 cm³/mol. The minimum absolute atomic E-state index is 0.129. The van der Waals surface area contributed by atoms with E-state index in [0.717, 1.165) is 10.5 Å². The zero-order valence-electron chi connectivity index (χ0n) is 17.0. The van der Waals surface area contributed by atoms with Crippen LogP contribution in [0.2, 0.25) is 0 Å². The lowest BCUT2D eigenvalue weighted by molar-refractivity contribution is -0.113. The van der Waals surface area contributed by atoms with Crippen molar-refractivity contribution in [3.63, 3.8) is 0 Å². The van der Waals surface area contributed by atoms with Crippen LogP contribution >= 0.6 is 11.8 Å². The average molecular weight is 435 g/mol. The van der Waals surface area contributed by atoms with Crippen LogP contribution < -0.4 is 20.1 Å². The second-order valence-electron chi connectivity index (χ2n) is 7.05. The molecule has 3 aromatic rings. The second-order valence-corrected chi connectivity index (χ2v) is 8.10. The van der Waals surface area contributed by atoms with Crippen molar-refractivity contribution in [3.8, 4) is 11.5 Å². The minimum Gasteiger partial charge on any atom is -0.486 e. The first-order valence-electron chi connectivity index (χ1n) is 9.87. The predicted octanol–water partition coefficient (Wildman–Crippen LogP) is 4.75. The Kier molecular flexibility index (Phi) is 6.43.